The Morgan fingerprint density at radius 1 is 1.29 bits per heavy atom. The number of rotatable bonds is 2. The first-order valence-electron chi connectivity index (χ1n) is 5.24. The molecule has 6 nitrogen and oxygen atoms in total. The lowest BCUT2D eigenvalue weighted by Gasteiger charge is -2.19. The summed E-state index contributed by atoms with van der Waals surface area (Å²) >= 11 is 0. The monoisotopic (exact) mass is 254 g/mol. The predicted molar refractivity (Wildman–Crippen MR) is 62.4 cm³/mol. The van der Waals surface area contributed by atoms with Gasteiger partial charge in [-0.05, 0) is 18.9 Å². The molecule has 1 aromatic carbocycles. The molecule has 1 saturated heterocycles. The van der Waals surface area contributed by atoms with E-state index < -0.39 is 10.1 Å². The van der Waals surface area contributed by atoms with E-state index >= 15 is 0 Å². The zero-order valence-electron chi connectivity index (χ0n) is 9.07. The van der Waals surface area contributed by atoms with Crippen molar-refractivity contribution in [2.24, 2.45) is 0 Å². The first-order valence-corrected chi connectivity index (χ1v) is 6.68. The lowest BCUT2D eigenvalue weighted by Crippen LogP contribution is -2.20. The predicted octanol–water partition coefficient (Wildman–Crippen LogP) is 2.02. The summed E-state index contributed by atoms with van der Waals surface area (Å²) in [6.07, 6.45) is 1.99. The Kier molecular flexibility index (Phi) is 3.00. The minimum Gasteiger partial charge on any atom is -0.370 e. The van der Waals surface area contributed by atoms with Crippen molar-refractivity contribution in [3.63, 3.8) is 0 Å². The minimum atomic E-state index is -4.32. The van der Waals surface area contributed by atoms with Gasteiger partial charge in [0.15, 0.2) is 4.98 Å². The summed E-state index contributed by atoms with van der Waals surface area (Å²) in [6, 6.07) is 4.20. The number of anilines is 1. The van der Waals surface area contributed by atoms with Gasteiger partial charge in [0.2, 0.25) is 5.39 Å². The fourth-order valence-corrected chi connectivity index (χ4v) is 2.72. The zero-order chi connectivity index (χ0) is 12.5. The van der Waals surface area contributed by atoms with E-state index in [-0.39, 0.29) is 10.6 Å². The maximum Gasteiger partial charge on any atom is 0.386 e. The topological polar surface area (TPSA) is 85.8 Å². The molecule has 0 bridgehead atoms. The molecule has 0 unspecified atom stereocenters. The molecule has 1 N–H and O–H groups in total. The summed E-state index contributed by atoms with van der Waals surface area (Å²) < 4.78 is 31.7. The highest BCUT2D eigenvalue weighted by molar-refractivity contribution is 7.86. The fourth-order valence-electron chi connectivity index (χ4n) is 1.99. The number of benzene rings is 1. The molecule has 1 fully saturated rings. The third-order valence-corrected chi connectivity index (χ3v) is 3.67. The van der Waals surface area contributed by atoms with Gasteiger partial charge in [-0.2, -0.15) is 8.42 Å². The maximum absolute atomic E-state index is 11.3. The molecular formula is C10H12N3O3S+. The molecule has 0 aromatic heterocycles. The second-order valence-electron chi connectivity index (χ2n) is 3.92. The second kappa shape index (κ2) is 4.31. The van der Waals surface area contributed by atoms with Crippen LogP contribution in [0.25, 0.3) is 4.98 Å². The van der Waals surface area contributed by atoms with E-state index in [4.69, 9.17) is 5.39 Å². The van der Waals surface area contributed by atoms with E-state index in [1.165, 1.54) is 6.07 Å². The molecule has 0 spiro atoms. The highest BCUT2D eigenvalue weighted by atomic mass is 32.2. The third-order valence-electron chi connectivity index (χ3n) is 2.78. The van der Waals surface area contributed by atoms with Gasteiger partial charge in [-0.3, -0.25) is 4.55 Å². The summed E-state index contributed by atoms with van der Waals surface area (Å²) in [7, 11) is -4.32. The van der Waals surface area contributed by atoms with Crippen LogP contribution in [-0.4, -0.2) is 26.1 Å². The number of nitrogens with zero attached hydrogens (tertiary/aromatic N) is 3. The smallest absolute Gasteiger partial charge is 0.370 e. The third kappa shape index (κ3) is 2.38. The maximum atomic E-state index is 11.3. The molecular weight excluding hydrogens is 242 g/mol. The molecule has 7 heteroatoms. The molecule has 1 aromatic rings. The van der Waals surface area contributed by atoms with Crippen molar-refractivity contribution in [3.05, 3.63) is 23.2 Å². The van der Waals surface area contributed by atoms with Gasteiger partial charge in [0, 0.05) is 19.2 Å². The van der Waals surface area contributed by atoms with Gasteiger partial charge in [-0.1, -0.05) is 0 Å². The number of hydrogen-bond acceptors (Lipinski definition) is 4. The van der Waals surface area contributed by atoms with Gasteiger partial charge in [0.05, 0.1) is 11.8 Å². The highest BCUT2D eigenvalue weighted by Gasteiger charge is 2.25. The van der Waals surface area contributed by atoms with Gasteiger partial charge < -0.3 is 4.90 Å². The average molecular weight is 254 g/mol. The second-order valence-corrected chi connectivity index (χ2v) is 5.31. The Morgan fingerprint density at radius 3 is 2.47 bits per heavy atom. The van der Waals surface area contributed by atoms with E-state index in [0.717, 1.165) is 32.0 Å². The Hall–Kier alpha value is -1.65. The van der Waals surface area contributed by atoms with Gasteiger partial charge in [-0.15, -0.1) is 0 Å². The summed E-state index contributed by atoms with van der Waals surface area (Å²) in [5, 5.41) is 8.62. The average Bonchev–Trinajstić information content (AvgIpc) is 2.80. The normalized spacial score (nSPS) is 15.9. The molecule has 1 heterocycles. The van der Waals surface area contributed by atoms with Crippen molar-refractivity contribution < 1.29 is 13.0 Å². The first kappa shape index (κ1) is 11.8. The lowest BCUT2D eigenvalue weighted by molar-refractivity contribution is 0.483. The van der Waals surface area contributed by atoms with Crippen LogP contribution >= 0.6 is 0 Å². The number of hydrogen-bond donors (Lipinski definition) is 1. The SMILES string of the molecule is N#[N+]c1ccc(N2CCCC2)c(S(=O)(=O)O)c1. The van der Waals surface area contributed by atoms with Crippen molar-refractivity contribution in [1.82, 2.24) is 0 Å². The summed E-state index contributed by atoms with van der Waals surface area (Å²) in [4.78, 5) is 4.60. The van der Waals surface area contributed by atoms with E-state index in [0.29, 0.717) is 5.69 Å². The molecule has 0 atom stereocenters. The van der Waals surface area contributed by atoms with Crippen molar-refractivity contribution >= 4 is 21.5 Å². The van der Waals surface area contributed by atoms with Crippen molar-refractivity contribution in [1.29, 1.82) is 5.39 Å². The van der Waals surface area contributed by atoms with E-state index in [2.05, 4.69) is 4.98 Å². The van der Waals surface area contributed by atoms with E-state index in [9.17, 15) is 13.0 Å². The van der Waals surface area contributed by atoms with Gasteiger partial charge in [-0.25, -0.2) is 0 Å². The Bertz CT molecular complexity index is 571. The standard InChI is InChI=1S/C10H11N3O3S/c11-12-8-3-4-9(13-5-1-2-6-13)10(7-8)17(14,15)16/h3-4,7H,1-2,5-6H2/p+1. The van der Waals surface area contributed by atoms with Gasteiger partial charge >= 0.3 is 5.69 Å². The quantitative estimate of drug-likeness (QED) is 0.644. The summed E-state index contributed by atoms with van der Waals surface area (Å²) in [5.41, 5.74) is 0.554. The lowest BCUT2D eigenvalue weighted by atomic mass is 10.2. The molecule has 17 heavy (non-hydrogen) atoms. The molecule has 90 valence electrons. The molecule has 1 aliphatic rings. The summed E-state index contributed by atoms with van der Waals surface area (Å²) in [5.74, 6) is 0. The van der Waals surface area contributed by atoms with Crippen LogP contribution < -0.4 is 4.90 Å². The van der Waals surface area contributed by atoms with Crippen LogP contribution in [0, 0.1) is 5.39 Å². The van der Waals surface area contributed by atoms with Crippen LogP contribution in [0.4, 0.5) is 11.4 Å². The van der Waals surface area contributed by atoms with Crippen molar-refractivity contribution in [3.8, 4) is 0 Å². The molecule has 0 radical (unpaired) electrons. The van der Waals surface area contributed by atoms with Crippen LogP contribution in [0.2, 0.25) is 0 Å². The molecule has 2 rings (SSSR count). The first-order chi connectivity index (χ1) is 8.02. The van der Waals surface area contributed by atoms with Crippen molar-refractivity contribution in [2.75, 3.05) is 18.0 Å². The van der Waals surface area contributed by atoms with E-state index in [1.807, 2.05) is 4.90 Å². The Labute approximate surface area is 99.2 Å². The van der Waals surface area contributed by atoms with Crippen LogP contribution in [0.1, 0.15) is 12.8 Å². The van der Waals surface area contributed by atoms with Crippen LogP contribution in [-0.2, 0) is 10.1 Å². The number of diazo groups is 1. The van der Waals surface area contributed by atoms with Crippen LogP contribution in [0.15, 0.2) is 23.1 Å². The molecule has 0 aliphatic carbocycles. The molecule has 0 amide bonds. The Balaban J connectivity index is 2.55. The fraction of sp³-hybridized carbons (Fsp3) is 0.400. The van der Waals surface area contributed by atoms with E-state index in [1.54, 1.807) is 6.07 Å². The molecule has 0 saturated carbocycles. The van der Waals surface area contributed by atoms with Gasteiger partial charge in [0.25, 0.3) is 10.1 Å². The van der Waals surface area contributed by atoms with Gasteiger partial charge in [0.1, 0.15) is 4.90 Å². The van der Waals surface area contributed by atoms with Crippen LogP contribution in [0.5, 0.6) is 0 Å². The largest absolute Gasteiger partial charge is 0.386 e. The minimum absolute atomic E-state index is 0.0978. The van der Waals surface area contributed by atoms with Crippen molar-refractivity contribution in [2.45, 2.75) is 17.7 Å². The highest BCUT2D eigenvalue weighted by Crippen LogP contribution is 2.31. The Morgan fingerprint density at radius 2 is 1.94 bits per heavy atom. The summed E-state index contributed by atoms with van der Waals surface area (Å²) in [6.45, 7) is 1.52. The zero-order valence-corrected chi connectivity index (χ0v) is 9.89. The van der Waals surface area contributed by atoms with Crippen LogP contribution in [0.3, 0.4) is 0 Å². The molecule has 1 aliphatic heterocycles.